The second-order valence-electron chi connectivity index (χ2n) is 27.6. The van der Waals surface area contributed by atoms with Gasteiger partial charge in [-0.15, -0.1) is 35.4 Å². The normalized spacial score (nSPS) is 12.9. The van der Waals surface area contributed by atoms with Gasteiger partial charge in [0.05, 0.1) is 22.3 Å². The molecule has 8 heterocycles. The molecule has 497 valence electrons. The number of para-hydroxylation sites is 2. The number of benzene rings is 12. The molecule has 0 bridgehead atoms. The Balaban J connectivity index is 0.000000102. The summed E-state index contributed by atoms with van der Waals surface area (Å²) in [4.78, 5) is 14.6. The van der Waals surface area contributed by atoms with Gasteiger partial charge < -0.3 is 10.1 Å². The van der Waals surface area contributed by atoms with Gasteiger partial charge in [0, 0.05) is 76.2 Å². The number of aliphatic hydroxyl groups excluding tert-OH is 1. The largest absolute Gasteiger partial charge is 0.512 e. The number of fused-ring (bicyclic) bond motifs is 15. The minimum absolute atomic E-state index is 0. The van der Waals surface area contributed by atoms with Crippen LogP contribution in [0.3, 0.4) is 0 Å². The monoisotopic (exact) mass is 1500 g/mol. The molecule has 21 rings (SSSR count). The van der Waals surface area contributed by atoms with Crippen molar-refractivity contribution in [1.29, 1.82) is 0 Å². The number of hydrogen-bond donors (Lipinski definition) is 1. The van der Waals surface area contributed by atoms with Gasteiger partial charge >= 0.3 is 0 Å². The maximum atomic E-state index is 10.0. The number of aliphatic hydroxyl groups is 1. The van der Waals surface area contributed by atoms with Crippen molar-refractivity contribution in [2.75, 3.05) is 0 Å². The van der Waals surface area contributed by atoms with E-state index in [-0.39, 0.29) is 37.1 Å². The first-order chi connectivity index (χ1) is 49.3. The van der Waals surface area contributed by atoms with Crippen molar-refractivity contribution in [2.24, 2.45) is 0 Å². The quantitative estimate of drug-likeness (QED) is 0.0627. The van der Waals surface area contributed by atoms with Crippen molar-refractivity contribution in [3.05, 3.63) is 342 Å². The van der Waals surface area contributed by atoms with Crippen molar-refractivity contribution in [2.45, 2.75) is 73.5 Å². The zero-order valence-electron chi connectivity index (χ0n) is 58.1. The third kappa shape index (κ3) is 10.9. The van der Waals surface area contributed by atoms with E-state index in [0.717, 1.165) is 30.9 Å². The zero-order valence-corrected chi connectivity index (χ0v) is 60.5. The zero-order chi connectivity index (χ0) is 68.8. The molecule has 5 aromatic heterocycles. The molecule has 1 radical (unpaired) electrons. The fourth-order valence-electron chi connectivity index (χ4n) is 16.4. The third-order valence-corrected chi connectivity index (χ3v) is 20.8. The molecule has 10 heteroatoms. The van der Waals surface area contributed by atoms with Crippen LogP contribution in [0.2, 0.25) is 0 Å². The molecule has 0 unspecified atom stereocenters. The van der Waals surface area contributed by atoms with Gasteiger partial charge in [-0.05, 0) is 139 Å². The maximum Gasteiger partial charge on any atom is 0.295 e. The summed E-state index contributed by atoms with van der Waals surface area (Å²) >= 11 is 0. The average Bonchev–Trinajstić information content (AvgIpc) is 1.73. The van der Waals surface area contributed by atoms with E-state index in [0.29, 0.717) is 0 Å². The molecule has 3 aliphatic heterocycles. The smallest absolute Gasteiger partial charge is 0.295 e. The molecule has 0 spiro atoms. The van der Waals surface area contributed by atoms with E-state index in [4.69, 9.17) is 5.11 Å². The molecule has 0 amide bonds. The Kier molecular flexibility index (Phi) is 16.6. The first-order valence-electron chi connectivity index (χ1n) is 34.8. The Morgan fingerprint density at radius 1 is 0.549 bits per heavy atom. The number of carbonyl (C=O) groups is 1. The number of aryl methyl sites for hydroxylation is 3. The molecule has 0 atom stereocenters. The average molecular weight is 1500 g/mol. The summed E-state index contributed by atoms with van der Waals surface area (Å²) in [6, 6.07) is 94.9. The maximum absolute atomic E-state index is 10.0. The number of allylic oxidation sites excluding steroid dienone is 2. The SMILES string of the molecule is CC(=O)C=C(C)O.CC1(C)c2ccc[c-]c2-c2nccc3cccc1c23.Cc1ccc2c(c1)c1cccc3c1c1n2c(-c2c(C)cccc2C)c[n+]1C3.[Ir].c1ccc2c(c1)C[n+]1c-2n(-c2cccc3ccccc23)c2ccccc21.c1ccc2c(c1)C[n+]1ccn(-c3cccc4ccccc34)c1-2. The van der Waals surface area contributed by atoms with Crippen LogP contribution in [0.15, 0.2) is 291 Å². The standard InChI is InChI=1S/C25H21N2.C24H17N2.C20H15N2.C18H14N.C5H8O2.Ir/c1-15-10-11-21-20(12-15)19-9-5-8-18-13-26-14-22(27(21)25(26)24(18)19)23-16(2)6-4-7-17(23)3;1-3-11-19-17(8-1)10-7-15-21(19)26-23-14-6-5-13-22(23)25-16-18-9-2-4-12-20(18)24(25)26;1-3-9-17-15(6-1)8-5-11-19(17)22-13-12-21-14-16-7-2-4-10-18(16)20(21)22;1-18(2)14-8-4-3-7-13(14)17-16-12(10-11-19-17)6-5-9-15(16)18;1-4(6)3-5(2)7;/h4-12,14H,13H2,1-3H3;1-15H,16H2;1-13H,14H2;3-6,8-11H,1-2H3;3,6H,1-2H3;/q3*+1;-1;;. The Morgan fingerprint density at radius 3 is 1.89 bits per heavy atom. The van der Waals surface area contributed by atoms with E-state index < -0.39 is 0 Å². The van der Waals surface area contributed by atoms with Gasteiger partial charge in [-0.2, -0.15) is 13.5 Å². The molecule has 17 aromatic rings. The minimum Gasteiger partial charge on any atom is -0.512 e. The Hall–Kier alpha value is -11.7. The molecule has 12 aromatic carbocycles. The van der Waals surface area contributed by atoms with Gasteiger partial charge in [-0.25, -0.2) is 13.7 Å². The van der Waals surface area contributed by atoms with E-state index in [2.05, 4.69) is 340 Å². The van der Waals surface area contributed by atoms with Gasteiger partial charge in [-0.1, -0.05) is 201 Å². The summed E-state index contributed by atoms with van der Waals surface area (Å²) < 4.78 is 14.4. The van der Waals surface area contributed by atoms with Crippen molar-refractivity contribution in [3.8, 4) is 56.7 Å². The first-order valence-corrected chi connectivity index (χ1v) is 34.8. The molecule has 9 nitrogen and oxygen atoms in total. The van der Waals surface area contributed by atoms with Gasteiger partial charge in [0.1, 0.15) is 55.1 Å². The number of hydrogen-bond acceptors (Lipinski definition) is 3. The number of ketones is 1. The summed E-state index contributed by atoms with van der Waals surface area (Å²) in [6.45, 7) is 16.9. The van der Waals surface area contributed by atoms with Crippen molar-refractivity contribution in [1.82, 2.24) is 18.5 Å². The van der Waals surface area contributed by atoms with Gasteiger partial charge in [0.25, 0.3) is 17.3 Å². The molecule has 0 saturated heterocycles. The van der Waals surface area contributed by atoms with E-state index in [1.165, 1.54) is 181 Å². The van der Waals surface area contributed by atoms with E-state index in [1.54, 1.807) is 0 Å². The fraction of sp³-hybridized carbons (Fsp3) is 0.120. The summed E-state index contributed by atoms with van der Waals surface area (Å²) in [6.07, 6.45) is 9.76. The molecular weight excluding hydrogens is 1430 g/mol. The summed E-state index contributed by atoms with van der Waals surface area (Å²) in [5.74, 6) is 2.48. The van der Waals surface area contributed by atoms with Crippen LogP contribution >= 0.6 is 0 Å². The molecule has 0 fully saturated rings. The number of aromatic nitrogens is 7. The fourth-order valence-corrected chi connectivity index (χ4v) is 16.4. The number of imidazole rings is 3. The second-order valence-corrected chi connectivity index (χ2v) is 27.6. The first kappa shape index (κ1) is 65.0. The van der Waals surface area contributed by atoms with Crippen molar-refractivity contribution >= 4 is 76.5 Å². The molecular formula is C92H75IrN7O2+2. The third-order valence-electron chi connectivity index (χ3n) is 20.8. The van der Waals surface area contributed by atoms with Gasteiger partial charge in [0.2, 0.25) is 0 Å². The van der Waals surface area contributed by atoms with Crippen LogP contribution in [-0.2, 0) is 49.9 Å². The van der Waals surface area contributed by atoms with E-state index >= 15 is 0 Å². The van der Waals surface area contributed by atoms with Gasteiger partial charge in [-0.3, -0.25) is 4.79 Å². The Bertz CT molecular complexity index is 6240. The summed E-state index contributed by atoms with van der Waals surface area (Å²) in [7, 11) is 0. The number of pyridine rings is 2. The van der Waals surface area contributed by atoms with Crippen LogP contribution in [0, 0.1) is 26.8 Å². The van der Waals surface area contributed by atoms with E-state index in [9.17, 15) is 4.79 Å². The van der Waals surface area contributed by atoms with Crippen LogP contribution in [0.1, 0.15) is 72.2 Å². The summed E-state index contributed by atoms with van der Waals surface area (Å²) in [5, 5.41) is 20.1. The molecule has 4 aliphatic rings. The van der Waals surface area contributed by atoms with Crippen LogP contribution in [0.25, 0.3) is 127 Å². The van der Waals surface area contributed by atoms with Crippen molar-refractivity contribution < 1.29 is 43.7 Å². The minimum atomic E-state index is -0.125. The molecule has 1 N–H and O–H groups in total. The van der Waals surface area contributed by atoms with Crippen LogP contribution in [0.4, 0.5) is 0 Å². The molecule has 102 heavy (non-hydrogen) atoms. The van der Waals surface area contributed by atoms with Crippen LogP contribution in [0.5, 0.6) is 0 Å². The Labute approximate surface area is 606 Å². The van der Waals surface area contributed by atoms with Crippen molar-refractivity contribution in [3.63, 3.8) is 0 Å². The van der Waals surface area contributed by atoms with Crippen LogP contribution in [-0.4, -0.2) is 29.4 Å². The number of carbonyl (C=O) groups excluding carboxylic acids is 1. The summed E-state index contributed by atoms with van der Waals surface area (Å²) in [5.41, 5.74) is 26.0. The van der Waals surface area contributed by atoms with E-state index in [1.807, 2.05) is 12.3 Å². The topological polar surface area (TPSA) is 76.1 Å². The van der Waals surface area contributed by atoms with Crippen LogP contribution < -0.4 is 13.7 Å². The predicted octanol–water partition coefficient (Wildman–Crippen LogP) is 19.9. The molecule has 1 aliphatic carbocycles. The predicted molar refractivity (Wildman–Crippen MR) is 410 cm³/mol. The van der Waals surface area contributed by atoms with Gasteiger partial charge in [0.15, 0.2) is 22.5 Å². The Morgan fingerprint density at radius 2 is 1.15 bits per heavy atom. The number of rotatable bonds is 4. The molecule has 0 saturated carbocycles. The number of nitrogens with zero attached hydrogens (tertiary/aromatic N) is 7. The second kappa shape index (κ2) is 26.1.